The lowest BCUT2D eigenvalue weighted by molar-refractivity contribution is 0.144. The number of alkyl halides is 2. The molecule has 0 radical (unpaired) electrons. The Morgan fingerprint density at radius 1 is 1.47 bits per heavy atom. The van der Waals surface area contributed by atoms with Gasteiger partial charge in [0.2, 0.25) is 0 Å². The van der Waals surface area contributed by atoms with E-state index in [-0.39, 0.29) is 3.74 Å². The van der Waals surface area contributed by atoms with Gasteiger partial charge in [0.15, 0.2) is 0 Å². The zero-order chi connectivity index (χ0) is 11.4. The van der Waals surface area contributed by atoms with E-state index in [1.165, 1.54) is 0 Å². The molecule has 0 aliphatic carbocycles. The van der Waals surface area contributed by atoms with Crippen molar-refractivity contribution in [3.8, 4) is 5.75 Å². The maximum absolute atomic E-state index is 10.5. The number of carbonyl (C=O) groups is 1. The van der Waals surface area contributed by atoms with Crippen LogP contribution in [0.5, 0.6) is 5.75 Å². The van der Waals surface area contributed by atoms with Crippen LogP contribution in [0.2, 0.25) is 0 Å². The van der Waals surface area contributed by atoms with Crippen molar-refractivity contribution in [3.63, 3.8) is 0 Å². The molecule has 0 aliphatic heterocycles. The second kappa shape index (κ2) is 5.86. The predicted octanol–water partition coefficient (Wildman–Crippen LogP) is 4.16. The van der Waals surface area contributed by atoms with Crippen LogP contribution in [0, 0.1) is 0 Å². The molecule has 0 saturated heterocycles. The third-order valence-electron chi connectivity index (χ3n) is 1.63. The van der Waals surface area contributed by atoms with Crippen LogP contribution in [0.15, 0.2) is 22.7 Å². The van der Waals surface area contributed by atoms with Gasteiger partial charge in [-0.25, -0.2) is 4.79 Å². The van der Waals surface area contributed by atoms with E-state index in [2.05, 4.69) is 52.5 Å². The van der Waals surface area contributed by atoms with Crippen molar-refractivity contribution in [2.45, 2.75) is 10.2 Å². The van der Waals surface area contributed by atoms with Gasteiger partial charge in [0.25, 0.3) is 0 Å². The van der Waals surface area contributed by atoms with Gasteiger partial charge in [0.1, 0.15) is 5.75 Å². The SMILES string of the molecule is O=C(O)Oc1cccc(Br)c1CC(Br)Br. The summed E-state index contributed by atoms with van der Waals surface area (Å²) in [6, 6.07) is 5.19. The molecule has 0 spiro atoms. The average molecular weight is 403 g/mol. The van der Waals surface area contributed by atoms with Gasteiger partial charge < -0.3 is 9.84 Å². The van der Waals surface area contributed by atoms with Gasteiger partial charge in [-0.15, -0.1) is 0 Å². The summed E-state index contributed by atoms with van der Waals surface area (Å²) in [6.45, 7) is 0. The number of benzene rings is 1. The third kappa shape index (κ3) is 4.12. The molecule has 3 nitrogen and oxygen atoms in total. The molecule has 1 N–H and O–H groups in total. The van der Waals surface area contributed by atoms with Gasteiger partial charge in [-0.1, -0.05) is 53.9 Å². The zero-order valence-corrected chi connectivity index (χ0v) is 12.2. The van der Waals surface area contributed by atoms with Gasteiger partial charge >= 0.3 is 6.16 Å². The van der Waals surface area contributed by atoms with Crippen LogP contribution >= 0.6 is 47.8 Å². The van der Waals surface area contributed by atoms with Gasteiger partial charge in [0, 0.05) is 10.0 Å². The Hall–Kier alpha value is -0.0700. The van der Waals surface area contributed by atoms with E-state index in [1.807, 2.05) is 6.07 Å². The Morgan fingerprint density at radius 3 is 2.67 bits per heavy atom. The fourth-order valence-electron chi connectivity index (χ4n) is 1.08. The van der Waals surface area contributed by atoms with Crippen LogP contribution < -0.4 is 4.74 Å². The van der Waals surface area contributed by atoms with Gasteiger partial charge in [0.05, 0.1) is 3.74 Å². The zero-order valence-electron chi connectivity index (χ0n) is 7.41. The summed E-state index contributed by atoms with van der Waals surface area (Å²) in [4.78, 5) is 10.5. The molecular formula is C9H7Br3O3. The summed E-state index contributed by atoms with van der Waals surface area (Å²) in [5.41, 5.74) is 0.804. The van der Waals surface area contributed by atoms with E-state index >= 15 is 0 Å². The van der Waals surface area contributed by atoms with Crippen LogP contribution in [-0.2, 0) is 6.42 Å². The highest BCUT2D eigenvalue weighted by atomic mass is 79.9. The highest BCUT2D eigenvalue weighted by Gasteiger charge is 2.13. The molecule has 1 rings (SSSR count). The summed E-state index contributed by atoms with van der Waals surface area (Å²) in [7, 11) is 0. The lowest BCUT2D eigenvalue weighted by Gasteiger charge is -2.10. The fraction of sp³-hybridized carbons (Fsp3) is 0.222. The number of halogens is 3. The first kappa shape index (κ1) is 13.0. The number of carboxylic acid groups (broad SMARTS) is 1. The normalized spacial score (nSPS) is 10.4. The second-order valence-corrected chi connectivity index (χ2v) is 6.97. The third-order valence-corrected chi connectivity index (χ3v) is 3.02. The monoisotopic (exact) mass is 400 g/mol. The van der Waals surface area contributed by atoms with Gasteiger partial charge in [-0.3, -0.25) is 0 Å². The Labute approximate surface area is 112 Å². The quantitative estimate of drug-likeness (QED) is 0.469. The molecule has 1 aromatic carbocycles. The molecule has 15 heavy (non-hydrogen) atoms. The van der Waals surface area contributed by atoms with Crippen molar-refractivity contribution in [1.29, 1.82) is 0 Å². The van der Waals surface area contributed by atoms with E-state index in [0.29, 0.717) is 12.2 Å². The van der Waals surface area contributed by atoms with Gasteiger partial charge in [-0.2, -0.15) is 0 Å². The van der Waals surface area contributed by atoms with E-state index in [0.717, 1.165) is 10.0 Å². The first-order valence-corrected chi connectivity index (χ1v) is 6.59. The molecule has 82 valence electrons. The molecule has 0 atom stereocenters. The lowest BCUT2D eigenvalue weighted by atomic mass is 10.1. The smallest absolute Gasteiger partial charge is 0.449 e. The summed E-state index contributed by atoms with van der Waals surface area (Å²) in [5.74, 6) is 0.348. The standard InChI is InChI=1S/C9H7Br3O3/c10-6-2-1-3-7(15-9(13)14)5(6)4-8(11)12/h1-3,8H,4H2,(H,13,14). The summed E-state index contributed by atoms with van der Waals surface area (Å²) in [5, 5.41) is 8.56. The molecule has 0 unspecified atom stereocenters. The van der Waals surface area contributed by atoms with Crippen molar-refractivity contribution in [2.24, 2.45) is 0 Å². The van der Waals surface area contributed by atoms with Crippen molar-refractivity contribution >= 4 is 53.9 Å². The number of hydrogen-bond acceptors (Lipinski definition) is 2. The molecule has 0 aliphatic rings. The predicted molar refractivity (Wildman–Crippen MR) is 68.1 cm³/mol. The number of hydrogen-bond donors (Lipinski definition) is 1. The average Bonchev–Trinajstić information content (AvgIpc) is 2.09. The Bertz CT molecular complexity index is 366. The maximum atomic E-state index is 10.5. The number of rotatable bonds is 3. The molecular weight excluding hydrogens is 396 g/mol. The maximum Gasteiger partial charge on any atom is 0.511 e. The minimum absolute atomic E-state index is 0.0693. The molecule has 0 amide bonds. The first-order chi connectivity index (χ1) is 7.00. The Balaban J connectivity index is 3.02. The fourth-order valence-corrected chi connectivity index (χ4v) is 2.24. The molecule has 0 heterocycles. The largest absolute Gasteiger partial charge is 0.511 e. The summed E-state index contributed by atoms with van der Waals surface area (Å²) < 4.78 is 5.57. The molecule has 0 saturated carbocycles. The summed E-state index contributed by atoms with van der Waals surface area (Å²) in [6.07, 6.45) is -0.695. The topological polar surface area (TPSA) is 46.5 Å². The van der Waals surface area contributed by atoms with Crippen molar-refractivity contribution in [1.82, 2.24) is 0 Å². The van der Waals surface area contributed by atoms with Crippen molar-refractivity contribution < 1.29 is 14.6 Å². The van der Waals surface area contributed by atoms with Crippen molar-refractivity contribution in [2.75, 3.05) is 0 Å². The Kier molecular flexibility index (Phi) is 5.08. The molecule has 0 aromatic heterocycles. The lowest BCUT2D eigenvalue weighted by Crippen LogP contribution is -2.07. The first-order valence-electron chi connectivity index (χ1n) is 3.97. The van der Waals surface area contributed by atoms with E-state index in [9.17, 15) is 4.79 Å². The molecule has 1 aromatic rings. The van der Waals surface area contributed by atoms with E-state index in [4.69, 9.17) is 5.11 Å². The molecule has 0 fully saturated rings. The minimum Gasteiger partial charge on any atom is -0.449 e. The molecule has 0 bridgehead atoms. The highest BCUT2D eigenvalue weighted by molar-refractivity contribution is 9.24. The minimum atomic E-state index is -1.31. The van der Waals surface area contributed by atoms with E-state index in [1.54, 1.807) is 12.1 Å². The van der Waals surface area contributed by atoms with Crippen LogP contribution in [-0.4, -0.2) is 15.0 Å². The molecule has 6 heteroatoms. The van der Waals surface area contributed by atoms with Gasteiger partial charge in [-0.05, 0) is 18.6 Å². The van der Waals surface area contributed by atoms with Crippen LogP contribution in [0.1, 0.15) is 5.56 Å². The van der Waals surface area contributed by atoms with Crippen LogP contribution in [0.4, 0.5) is 4.79 Å². The Morgan fingerprint density at radius 2 is 2.13 bits per heavy atom. The number of ether oxygens (including phenoxy) is 1. The highest BCUT2D eigenvalue weighted by Crippen LogP contribution is 2.30. The van der Waals surface area contributed by atoms with Crippen LogP contribution in [0.25, 0.3) is 0 Å². The van der Waals surface area contributed by atoms with Crippen molar-refractivity contribution in [3.05, 3.63) is 28.2 Å². The second-order valence-electron chi connectivity index (χ2n) is 2.68. The summed E-state index contributed by atoms with van der Waals surface area (Å²) >= 11 is 10.0. The van der Waals surface area contributed by atoms with Crippen LogP contribution in [0.3, 0.4) is 0 Å². The van der Waals surface area contributed by atoms with E-state index < -0.39 is 6.16 Å².